The molecule has 1 amide bonds. The zero-order valence-corrected chi connectivity index (χ0v) is 17.9. The molecule has 0 unspecified atom stereocenters. The first-order chi connectivity index (χ1) is 12.9. The lowest BCUT2D eigenvalue weighted by Gasteiger charge is -2.34. The minimum atomic E-state index is 0.144. The first-order valence-corrected chi connectivity index (χ1v) is 10.4. The van der Waals surface area contributed by atoms with E-state index < -0.39 is 0 Å². The molecule has 0 aliphatic carbocycles. The van der Waals surface area contributed by atoms with Gasteiger partial charge in [-0.05, 0) is 38.8 Å². The van der Waals surface area contributed by atoms with Crippen molar-refractivity contribution in [1.82, 2.24) is 19.7 Å². The summed E-state index contributed by atoms with van der Waals surface area (Å²) in [6.45, 7) is 8.44. The molecule has 0 N–H and O–H groups in total. The van der Waals surface area contributed by atoms with Crippen LogP contribution in [-0.2, 0) is 11.8 Å². The van der Waals surface area contributed by atoms with Crippen LogP contribution in [0.4, 0.5) is 0 Å². The van der Waals surface area contributed by atoms with Gasteiger partial charge < -0.3 is 14.2 Å². The van der Waals surface area contributed by atoms with Crippen LogP contribution in [0, 0.1) is 0 Å². The Morgan fingerprint density at radius 1 is 1.19 bits per heavy atom. The standard InChI is InChI=1S/C20H30N4O2S/c1-7-14(3)24(15(4)8-2)18(25)13-27-20-22-21-19(23(20)5)16-11-9-10-12-17(16)26-6/h9-12,14-15H,7-8,13H2,1-6H3/t14-,15-/m1/s1. The summed E-state index contributed by atoms with van der Waals surface area (Å²) < 4.78 is 7.33. The Morgan fingerprint density at radius 3 is 2.41 bits per heavy atom. The summed E-state index contributed by atoms with van der Waals surface area (Å²) in [5.41, 5.74) is 0.883. The SMILES string of the molecule is CC[C@@H](C)N(C(=O)CSc1nnc(-c2ccccc2OC)n1C)[C@H](C)CC. The molecule has 0 bridgehead atoms. The van der Waals surface area contributed by atoms with Gasteiger partial charge in [0.2, 0.25) is 5.91 Å². The third-order valence-electron chi connectivity index (χ3n) is 4.93. The Morgan fingerprint density at radius 2 is 1.81 bits per heavy atom. The number of aromatic nitrogens is 3. The zero-order valence-electron chi connectivity index (χ0n) is 17.1. The van der Waals surface area contributed by atoms with E-state index in [2.05, 4.69) is 37.9 Å². The Labute approximate surface area is 166 Å². The highest BCUT2D eigenvalue weighted by atomic mass is 32.2. The van der Waals surface area contributed by atoms with Gasteiger partial charge >= 0.3 is 0 Å². The lowest BCUT2D eigenvalue weighted by atomic mass is 10.1. The van der Waals surface area contributed by atoms with E-state index in [0.717, 1.165) is 35.1 Å². The van der Waals surface area contributed by atoms with Crippen LogP contribution in [0.15, 0.2) is 29.4 Å². The number of amides is 1. The van der Waals surface area contributed by atoms with Crippen molar-refractivity contribution in [1.29, 1.82) is 0 Å². The summed E-state index contributed by atoms with van der Waals surface area (Å²) in [5, 5.41) is 9.31. The molecule has 0 saturated heterocycles. The predicted octanol–water partition coefficient (Wildman–Crippen LogP) is 4.01. The summed E-state index contributed by atoms with van der Waals surface area (Å²) >= 11 is 1.43. The zero-order chi connectivity index (χ0) is 20.0. The molecular weight excluding hydrogens is 360 g/mol. The Balaban J connectivity index is 2.15. The average molecular weight is 391 g/mol. The third kappa shape index (κ3) is 4.83. The summed E-state index contributed by atoms with van der Waals surface area (Å²) in [5.74, 6) is 1.97. The van der Waals surface area contributed by atoms with Gasteiger partial charge in [0.25, 0.3) is 0 Å². The van der Waals surface area contributed by atoms with E-state index in [0.29, 0.717) is 5.75 Å². The summed E-state index contributed by atoms with van der Waals surface area (Å²) in [7, 11) is 3.55. The van der Waals surface area contributed by atoms with E-state index in [1.54, 1.807) is 7.11 Å². The predicted molar refractivity (Wildman–Crippen MR) is 110 cm³/mol. The van der Waals surface area contributed by atoms with Gasteiger partial charge in [-0.3, -0.25) is 4.79 Å². The van der Waals surface area contributed by atoms with E-state index in [4.69, 9.17) is 4.74 Å². The lowest BCUT2D eigenvalue weighted by Crippen LogP contribution is -2.45. The number of rotatable bonds is 9. The van der Waals surface area contributed by atoms with E-state index in [9.17, 15) is 4.79 Å². The molecule has 0 aliphatic heterocycles. The van der Waals surface area contributed by atoms with Crippen LogP contribution in [0.2, 0.25) is 0 Å². The molecule has 2 aromatic rings. The van der Waals surface area contributed by atoms with Gasteiger partial charge in [0, 0.05) is 19.1 Å². The number of para-hydroxylation sites is 1. The second kappa shape index (κ2) is 9.78. The molecule has 1 aromatic carbocycles. The molecule has 1 aromatic heterocycles. The topological polar surface area (TPSA) is 60.3 Å². The smallest absolute Gasteiger partial charge is 0.233 e. The van der Waals surface area contributed by atoms with Gasteiger partial charge in [-0.15, -0.1) is 10.2 Å². The van der Waals surface area contributed by atoms with Gasteiger partial charge in [-0.1, -0.05) is 37.7 Å². The largest absolute Gasteiger partial charge is 0.496 e. The highest BCUT2D eigenvalue weighted by Gasteiger charge is 2.24. The average Bonchev–Trinajstić information content (AvgIpc) is 3.06. The van der Waals surface area contributed by atoms with Gasteiger partial charge in [0.05, 0.1) is 18.4 Å². The first kappa shape index (κ1) is 21.3. The monoisotopic (exact) mass is 390 g/mol. The fourth-order valence-electron chi connectivity index (χ4n) is 3.02. The molecule has 0 saturated carbocycles. The third-order valence-corrected chi connectivity index (χ3v) is 5.93. The number of methoxy groups -OCH3 is 1. The minimum Gasteiger partial charge on any atom is -0.496 e. The summed E-state index contributed by atoms with van der Waals surface area (Å²) in [6.07, 6.45) is 1.89. The van der Waals surface area contributed by atoms with Crippen molar-refractivity contribution in [2.45, 2.75) is 57.8 Å². The maximum Gasteiger partial charge on any atom is 0.233 e. The molecule has 0 fully saturated rings. The number of ether oxygens (including phenoxy) is 1. The lowest BCUT2D eigenvalue weighted by molar-refractivity contribution is -0.132. The van der Waals surface area contributed by atoms with E-state index in [-0.39, 0.29) is 18.0 Å². The highest BCUT2D eigenvalue weighted by Crippen LogP contribution is 2.30. The second-order valence-corrected chi connectivity index (χ2v) is 7.61. The molecule has 0 radical (unpaired) electrons. The number of hydrogen-bond acceptors (Lipinski definition) is 5. The van der Waals surface area contributed by atoms with Crippen LogP contribution in [0.5, 0.6) is 5.75 Å². The molecule has 1 heterocycles. The van der Waals surface area contributed by atoms with Crippen LogP contribution in [0.3, 0.4) is 0 Å². The minimum absolute atomic E-state index is 0.144. The Hall–Kier alpha value is -2.02. The number of carbonyl (C=O) groups excluding carboxylic acids is 1. The van der Waals surface area contributed by atoms with E-state index in [1.165, 1.54) is 11.8 Å². The maximum atomic E-state index is 12.8. The molecule has 6 nitrogen and oxygen atoms in total. The van der Waals surface area contributed by atoms with Gasteiger partial charge in [0.1, 0.15) is 5.75 Å². The van der Waals surface area contributed by atoms with Crippen LogP contribution in [0.1, 0.15) is 40.5 Å². The number of thioether (sulfide) groups is 1. The number of carbonyl (C=O) groups is 1. The van der Waals surface area contributed by atoms with Crippen LogP contribution in [-0.4, -0.2) is 50.5 Å². The molecule has 0 aliphatic rings. The molecular formula is C20H30N4O2S. The number of benzene rings is 1. The maximum absolute atomic E-state index is 12.8. The van der Waals surface area contributed by atoms with Gasteiger partial charge in [-0.2, -0.15) is 0 Å². The summed E-state index contributed by atoms with van der Waals surface area (Å²) in [4.78, 5) is 14.8. The number of hydrogen-bond donors (Lipinski definition) is 0. The molecule has 27 heavy (non-hydrogen) atoms. The van der Waals surface area contributed by atoms with Crippen molar-refractivity contribution in [3.05, 3.63) is 24.3 Å². The first-order valence-electron chi connectivity index (χ1n) is 9.41. The summed E-state index contributed by atoms with van der Waals surface area (Å²) in [6, 6.07) is 8.19. The molecule has 2 rings (SSSR count). The van der Waals surface area contributed by atoms with Crippen molar-refractivity contribution >= 4 is 17.7 Å². The van der Waals surface area contributed by atoms with E-state index >= 15 is 0 Å². The van der Waals surface area contributed by atoms with Crippen molar-refractivity contribution in [3.8, 4) is 17.1 Å². The quantitative estimate of drug-likeness (QED) is 0.606. The highest BCUT2D eigenvalue weighted by molar-refractivity contribution is 7.99. The Bertz CT molecular complexity index is 752. The van der Waals surface area contributed by atoms with Crippen LogP contribution in [0.25, 0.3) is 11.4 Å². The number of nitrogens with zero attached hydrogens (tertiary/aromatic N) is 4. The fourth-order valence-corrected chi connectivity index (χ4v) is 3.81. The van der Waals surface area contributed by atoms with Gasteiger partial charge in [-0.25, -0.2) is 0 Å². The molecule has 0 spiro atoms. The van der Waals surface area contributed by atoms with Crippen LogP contribution < -0.4 is 4.74 Å². The van der Waals surface area contributed by atoms with Crippen molar-refractivity contribution < 1.29 is 9.53 Å². The molecule has 7 heteroatoms. The normalized spacial score (nSPS) is 13.3. The fraction of sp³-hybridized carbons (Fsp3) is 0.550. The van der Waals surface area contributed by atoms with Crippen molar-refractivity contribution in [2.24, 2.45) is 7.05 Å². The molecule has 2 atom stereocenters. The van der Waals surface area contributed by atoms with Crippen LogP contribution >= 0.6 is 11.8 Å². The van der Waals surface area contributed by atoms with Crippen molar-refractivity contribution in [3.63, 3.8) is 0 Å². The second-order valence-electron chi connectivity index (χ2n) is 6.67. The van der Waals surface area contributed by atoms with E-state index in [1.807, 2.05) is 40.8 Å². The van der Waals surface area contributed by atoms with Crippen molar-refractivity contribution in [2.75, 3.05) is 12.9 Å². The van der Waals surface area contributed by atoms with Gasteiger partial charge in [0.15, 0.2) is 11.0 Å². The molecule has 148 valence electrons. The Kier molecular flexibility index (Phi) is 7.71.